The first-order chi connectivity index (χ1) is 12.2. The normalized spacial score (nSPS) is 24.8. The number of carbonyl (C=O) groups is 3. The molecular formula is C13H23N5O7S. The first-order valence-electron chi connectivity index (χ1n) is 8.19. The van der Waals surface area contributed by atoms with Crippen LogP contribution in [0.25, 0.3) is 0 Å². The van der Waals surface area contributed by atoms with Gasteiger partial charge in [0, 0.05) is 26.6 Å². The fourth-order valence-electron chi connectivity index (χ4n) is 2.94. The van der Waals surface area contributed by atoms with E-state index in [1.54, 1.807) is 0 Å². The quantitative estimate of drug-likeness (QED) is 0.329. The second-order valence-corrected chi connectivity index (χ2v) is 7.22. The number of hydroxylamine groups is 2. The molecule has 148 valence electrons. The highest BCUT2D eigenvalue weighted by Crippen LogP contribution is 2.26. The molecule has 3 fully saturated rings. The Morgan fingerprint density at radius 1 is 1.31 bits per heavy atom. The number of amides is 4. The largest absolute Gasteiger partial charge is 0.418 e. The van der Waals surface area contributed by atoms with E-state index >= 15 is 0 Å². The summed E-state index contributed by atoms with van der Waals surface area (Å²) in [5.74, 6) is -0.374. The molecule has 3 heterocycles. The molecule has 0 aromatic heterocycles. The van der Waals surface area contributed by atoms with Crippen LogP contribution in [0.1, 0.15) is 26.2 Å². The molecule has 12 nitrogen and oxygen atoms in total. The summed E-state index contributed by atoms with van der Waals surface area (Å²) >= 11 is 0. The highest BCUT2D eigenvalue weighted by Gasteiger charge is 2.42. The van der Waals surface area contributed by atoms with Crippen molar-refractivity contribution in [3.8, 4) is 0 Å². The van der Waals surface area contributed by atoms with E-state index in [4.69, 9.17) is 4.55 Å². The maximum absolute atomic E-state index is 11.4. The molecule has 13 heteroatoms. The van der Waals surface area contributed by atoms with E-state index in [0.29, 0.717) is 26.1 Å². The zero-order chi connectivity index (χ0) is 19.3. The Labute approximate surface area is 151 Å². The Balaban J connectivity index is 0.000000190. The van der Waals surface area contributed by atoms with Crippen LogP contribution in [0.4, 0.5) is 4.79 Å². The van der Waals surface area contributed by atoms with Crippen LogP contribution in [-0.4, -0.2) is 73.0 Å². The van der Waals surface area contributed by atoms with Gasteiger partial charge in [-0.2, -0.15) is 13.5 Å². The van der Waals surface area contributed by atoms with E-state index in [2.05, 4.69) is 20.5 Å². The average Bonchev–Trinajstić information content (AvgIpc) is 3.17. The zero-order valence-electron chi connectivity index (χ0n) is 14.3. The second kappa shape index (κ2) is 8.62. The third-order valence-electron chi connectivity index (χ3n) is 4.15. The zero-order valence-corrected chi connectivity index (χ0v) is 15.1. The Bertz CT molecular complexity index is 649. The molecule has 4 N–H and O–H groups in total. The molecule has 0 spiro atoms. The van der Waals surface area contributed by atoms with Gasteiger partial charge in [0.05, 0.1) is 12.0 Å². The number of nitrogens with zero attached hydrogens (tertiary/aromatic N) is 2. The van der Waals surface area contributed by atoms with E-state index in [9.17, 15) is 22.8 Å². The van der Waals surface area contributed by atoms with Crippen LogP contribution in [0.2, 0.25) is 0 Å². The monoisotopic (exact) mass is 393 g/mol. The van der Waals surface area contributed by atoms with Crippen molar-refractivity contribution in [3.05, 3.63) is 0 Å². The number of carbonyl (C=O) groups excluding carboxylic acids is 3. The maximum atomic E-state index is 11.4. The van der Waals surface area contributed by atoms with E-state index in [0.717, 1.165) is 24.4 Å². The number of rotatable bonds is 3. The fraction of sp³-hybridized carbons (Fsp3) is 0.769. The van der Waals surface area contributed by atoms with E-state index < -0.39 is 16.4 Å². The number of hydrogen-bond donors (Lipinski definition) is 4. The first kappa shape index (κ1) is 20.4. The number of urea groups is 1. The van der Waals surface area contributed by atoms with Crippen LogP contribution < -0.4 is 16.2 Å². The average molecular weight is 393 g/mol. The van der Waals surface area contributed by atoms with Crippen molar-refractivity contribution in [2.45, 2.75) is 32.2 Å². The van der Waals surface area contributed by atoms with Gasteiger partial charge in [-0.05, 0) is 25.8 Å². The molecular weight excluding hydrogens is 370 g/mol. The molecule has 0 radical (unpaired) electrons. The number of nitrogens with one attached hydrogen (secondary N) is 3. The summed E-state index contributed by atoms with van der Waals surface area (Å²) in [4.78, 5) is 34.5. The van der Waals surface area contributed by atoms with Crippen molar-refractivity contribution in [1.29, 1.82) is 0 Å². The minimum absolute atomic E-state index is 0.00292. The summed E-state index contributed by atoms with van der Waals surface area (Å²) in [5, 5.41) is 3.81. The van der Waals surface area contributed by atoms with Crippen LogP contribution in [0.15, 0.2) is 0 Å². The second-order valence-electron chi connectivity index (χ2n) is 6.21. The van der Waals surface area contributed by atoms with Gasteiger partial charge in [-0.1, -0.05) is 0 Å². The molecule has 0 aromatic rings. The topological polar surface area (TPSA) is 157 Å². The molecule has 2 atom stereocenters. The lowest BCUT2D eigenvalue weighted by atomic mass is 10.1. The van der Waals surface area contributed by atoms with Gasteiger partial charge in [-0.25, -0.2) is 4.79 Å². The summed E-state index contributed by atoms with van der Waals surface area (Å²) in [6.45, 7) is 4.01. The van der Waals surface area contributed by atoms with Crippen LogP contribution in [0.5, 0.6) is 0 Å². The van der Waals surface area contributed by atoms with Crippen LogP contribution in [0, 0.1) is 5.92 Å². The number of hydrazine groups is 1. The lowest BCUT2D eigenvalue weighted by molar-refractivity contribution is -0.130. The molecule has 0 aromatic carbocycles. The van der Waals surface area contributed by atoms with Gasteiger partial charge in [0.2, 0.25) is 11.8 Å². The summed E-state index contributed by atoms with van der Waals surface area (Å²) in [5.41, 5.74) is 4.60. The van der Waals surface area contributed by atoms with Crippen molar-refractivity contribution in [3.63, 3.8) is 0 Å². The molecule has 0 aliphatic carbocycles. The molecule has 0 unspecified atom stereocenters. The number of hydrogen-bond acceptors (Lipinski definition) is 7. The predicted octanol–water partition coefficient (Wildman–Crippen LogP) is -1.62. The fourth-order valence-corrected chi connectivity index (χ4v) is 3.33. The van der Waals surface area contributed by atoms with Crippen molar-refractivity contribution in [2.75, 3.05) is 26.2 Å². The lowest BCUT2D eigenvalue weighted by Gasteiger charge is -2.20. The maximum Gasteiger partial charge on any atom is 0.418 e. The van der Waals surface area contributed by atoms with Gasteiger partial charge in [0.1, 0.15) is 0 Å². The highest BCUT2D eigenvalue weighted by molar-refractivity contribution is 7.80. The van der Waals surface area contributed by atoms with E-state index in [1.165, 1.54) is 11.8 Å². The van der Waals surface area contributed by atoms with Gasteiger partial charge in [0.25, 0.3) is 0 Å². The molecule has 4 amide bonds. The van der Waals surface area contributed by atoms with Crippen LogP contribution in [-0.2, 0) is 24.3 Å². The van der Waals surface area contributed by atoms with Crippen LogP contribution in [0.3, 0.4) is 0 Å². The van der Waals surface area contributed by atoms with Crippen LogP contribution >= 0.6 is 0 Å². The number of piperidine rings is 1. The Hall–Kier alpha value is -1.96. The third-order valence-corrected chi connectivity index (χ3v) is 4.50. The molecule has 3 aliphatic heterocycles. The van der Waals surface area contributed by atoms with Gasteiger partial charge >= 0.3 is 16.4 Å². The van der Waals surface area contributed by atoms with E-state index in [-0.39, 0.29) is 23.8 Å². The predicted molar refractivity (Wildman–Crippen MR) is 87.4 cm³/mol. The van der Waals surface area contributed by atoms with Crippen molar-refractivity contribution >= 4 is 28.2 Å². The molecule has 2 bridgehead atoms. The summed E-state index contributed by atoms with van der Waals surface area (Å²) in [7, 11) is -4.60. The Kier molecular flexibility index (Phi) is 6.75. The molecule has 3 aliphatic rings. The first-order valence-corrected chi connectivity index (χ1v) is 9.56. The minimum Gasteiger partial charge on any atom is -0.321 e. The molecule has 3 rings (SSSR count). The summed E-state index contributed by atoms with van der Waals surface area (Å²) in [6, 6.07) is -0.761. The number of fused-ring (bicyclic) bond motifs is 2. The van der Waals surface area contributed by atoms with Gasteiger partial charge in [0.15, 0.2) is 0 Å². The van der Waals surface area contributed by atoms with E-state index in [1.807, 2.05) is 0 Å². The van der Waals surface area contributed by atoms with Gasteiger partial charge in [-0.3, -0.25) is 25.0 Å². The third kappa shape index (κ3) is 5.79. The smallest absolute Gasteiger partial charge is 0.321 e. The minimum atomic E-state index is -4.60. The highest BCUT2D eigenvalue weighted by atomic mass is 32.3. The van der Waals surface area contributed by atoms with Gasteiger partial charge < -0.3 is 10.2 Å². The molecule has 26 heavy (non-hydrogen) atoms. The molecule has 0 saturated carbocycles. The lowest BCUT2D eigenvalue weighted by Crippen LogP contribution is -2.44. The SMILES string of the molecule is CC(=O)NNC(=O)[C@@H]1CCNC1.O=C1N2CCC[C@H](C2)N1OS(=O)(=O)O. The summed E-state index contributed by atoms with van der Waals surface area (Å²) < 4.78 is 33.5. The van der Waals surface area contributed by atoms with Crippen molar-refractivity contribution < 1.29 is 31.6 Å². The van der Waals surface area contributed by atoms with Crippen molar-refractivity contribution in [2.24, 2.45) is 5.92 Å². The van der Waals surface area contributed by atoms with Gasteiger partial charge in [-0.15, -0.1) is 4.28 Å². The van der Waals surface area contributed by atoms with Crippen molar-refractivity contribution in [1.82, 2.24) is 26.1 Å². The molecule has 3 saturated heterocycles. The Morgan fingerprint density at radius 3 is 2.58 bits per heavy atom. The standard InChI is InChI=1S/C7H13N3O2.C6H10N2O5S/c1-5(11)9-10-7(12)6-2-3-8-4-6;9-6-7-3-1-2-5(4-7)8(6)13-14(10,11)12/h6,8H,2-4H2,1H3,(H,9,11)(H,10,12);5H,1-4H2,(H,10,11,12)/t6-;5-/m11/s1. The summed E-state index contributed by atoms with van der Waals surface area (Å²) in [6.07, 6.45) is 2.35. The Morgan fingerprint density at radius 2 is 2.04 bits per heavy atom.